The largest absolute Gasteiger partial charge is 0.497 e. The van der Waals surface area contributed by atoms with Gasteiger partial charge in [0.15, 0.2) is 17.3 Å². The summed E-state index contributed by atoms with van der Waals surface area (Å²) in [6.45, 7) is 4.34. The van der Waals surface area contributed by atoms with E-state index < -0.39 is 0 Å². The molecule has 10 nitrogen and oxygen atoms in total. The summed E-state index contributed by atoms with van der Waals surface area (Å²) in [7, 11) is 8.78. The molecule has 0 spiro atoms. The molecule has 3 aromatic rings. The van der Waals surface area contributed by atoms with Crippen molar-refractivity contribution in [3.05, 3.63) is 53.3 Å². The van der Waals surface area contributed by atoms with E-state index in [1.165, 1.54) is 0 Å². The zero-order valence-corrected chi connectivity index (χ0v) is 21.1. The lowest BCUT2D eigenvalue weighted by Crippen LogP contribution is -2.46. The first-order chi connectivity index (χ1) is 17.1. The molecule has 4 rings (SSSR count). The minimum atomic E-state index is -0.172. The van der Waals surface area contributed by atoms with E-state index in [0.717, 1.165) is 61.1 Å². The van der Waals surface area contributed by atoms with Crippen molar-refractivity contribution in [1.29, 1.82) is 0 Å². The Morgan fingerprint density at radius 1 is 0.829 bits per heavy atom. The van der Waals surface area contributed by atoms with Crippen LogP contribution in [0.1, 0.15) is 23.0 Å². The minimum absolute atomic E-state index is 0.172. The molecule has 0 radical (unpaired) electrons. The molecular weight excluding hydrogens is 448 g/mol. The van der Waals surface area contributed by atoms with E-state index in [4.69, 9.17) is 18.9 Å². The van der Waals surface area contributed by atoms with Crippen LogP contribution in [0.5, 0.6) is 23.0 Å². The normalized spacial score (nSPS) is 15.6. The van der Waals surface area contributed by atoms with Gasteiger partial charge in [-0.3, -0.25) is 4.90 Å². The Kier molecular flexibility index (Phi) is 8.04. The SMILES string of the molecule is COc1ccc(OC)c(C(c2nnnn2CCc2ccc(OC)c(OC)c2)N2CCN(C)CC2)c1. The van der Waals surface area contributed by atoms with Crippen molar-refractivity contribution in [1.82, 2.24) is 30.0 Å². The molecule has 0 aliphatic carbocycles. The van der Waals surface area contributed by atoms with Crippen LogP contribution in [0, 0.1) is 0 Å². The summed E-state index contributed by atoms with van der Waals surface area (Å²) in [5.74, 6) is 3.74. The molecule has 35 heavy (non-hydrogen) atoms. The predicted molar refractivity (Wildman–Crippen MR) is 132 cm³/mol. The van der Waals surface area contributed by atoms with Gasteiger partial charge in [-0.25, -0.2) is 4.68 Å². The lowest BCUT2D eigenvalue weighted by atomic mass is 10.0. The van der Waals surface area contributed by atoms with Gasteiger partial charge in [0.05, 0.1) is 28.4 Å². The van der Waals surface area contributed by atoms with E-state index >= 15 is 0 Å². The molecular formula is C25H34N6O4. The Morgan fingerprint density at radius 2 is 1.54 bits per heavy atom. The van der Waals surface area contributed by atoms with Gasteiger partial charge in [0.1, 0.15) is 17.5 Å². The average molecular weight is 483 g/mol. The molecule has 0 N–H and O–H groups in total. The fraction of sp³-hybridized carbons (Fsp3) is 0.480. The summed E-state index contributed by atoms with van der Waals surface area (Å²) in [6.07, 6.45) is 0.739. The summed E-state index contributed by atoms with van der Waals surface area (Å²) >= 11 is 0. The Hall–Kier alpha value is -3.37. The topological polar surface area (TPSA) is 87.0 Å². The van der Waals surface area contributed by atoms with Gasteiger partial charge in [-0.05, 0) is 59.8 Å². The van der Waals surface area contributed by atoms with Crippen molar-refractivity contribution in [3.63, 3.8) is 0 Å². The second-order valence-corrected chi connectivity index (χ2v) is 8.55. The second-order valence-electron chi connectivity index (χ2n) is 8.55. The van der Waals surface area contributed by atoms with E-state index in [1.807, 2.05) is 41.1 Å². The third-order valence-corrected chi connectivity index (χ3v) is 6.50. The number of aryl methyl sites for hydroxylation is 2. The molecule has 1 unspecified atom stereocenters. The van der Waals surface area contributed by atoms with Gasteiger partial charge in [0.2, 0.25) is 0 Å². The fourth-order valence-corrected chi connectivity index (χ4v) is 4.47. The number of aromatic nitrogens is 4. The molecule has 1 aromatic heterocycles. The van der Waals surface area contributed by atoms with Crippen LogP contribution in [0.15, 0.2) is 36.4 Å². The van der Waals surface area contributed by atoms with Crippen molar-refractivity contribution in [2.75, 3.05) is 61.7 Å². The van der Waals surface area contributed by atoms with Crippen LogP contribution in [0.2, 0.25) is 0 Å². The van der Waals surface area contributed by atoms with Gasteiger partial charge in [0.25, 0.3) is 0 Å². The van der Waals surface area contributed by atoms with Crippen molar-refractivity contribution < 1.29 is 18.9 Å². The molecule has 1 saturated heterocycles. The van der Waals surface area contributed by atoms with Gasteiger partial charge in [-0.15, -0.1) is 5.10 Å². The molecule has 188 valence electrons. The molecule has 0 bridgehead atoms. The van der Waals surface area contributed by atoms with Gasteiger partial charge >= 0.3 is 0 Å². The van der Waals surface area contributed by atoms with E-state index in [2.05, 4.69) is 32.4 Å². The van der Waals surface area contributed by atoms with Gasteiger partial charge < -0.3 is 23.8 Å². The third kappa shape index (κ3) is 5.49. The first-order valence-corrected chi connectivity index (χ1v) is 11.7. The first-order valence-electron chi connectivity index (χ1n) is 11.7. The van der Waals surface area contributed by atoms with Crippen LogP contribution in [0.4, 0.5) is 0 Å². The van der Waals surface area contributed by atoms with E-state index in [1.54, 1.807) is 28.4 Å². The maximum absolute atomic E-state index is 5.76. The number of hydrogen-bond donors (Lipinski definition) is 0. The number of likely N-dealkylation sites (N-methyl/N-ethyl adjacent to an activating group) is 1. The summed E-state index contributed by atoms with van der Waals surface area (Å²) in [6, 6.07) is 11.6. The number of hydrogen-bond acceptors (Lipinski definition) is 9. The van der Waals surface area contributed by atoms with Crippen LogP contribution in [-0.2, 0) is 13.0 Å². The molecule has 0 amide bonds. The summed E-state index contributed by atoms with van der Waals surface area (Å²) < 4.78 is 24.0. The highest BCUT2D eigenvalue weighted by atomic mass is 16.5. The highest BCUT2D eigenvalue weighted by Crippen LogP contribution is 2.37. The monoisotopic (exact) mass is 482 g/mol. The smallest absolute Gasteiger partial charge is 0.173 e. The number of piperazine rings is 1. The standard InChI is InChI=1S/C25H34N6O4/c1-29-12-14-30(15-13-29)24(20-17-19(32-2)7-9-21(20)33-3)25-26-27-28-31(25)11-10-18-6-8-22(34-4)23(16-18)35-5/h6-9,16-17,24H,10-15H2,1-5H3. The first kappa shape index (κ1) is 24.7. The zero-order chi connectivity index (χ0) is 24.8. The molecule has 1 atom stereocenters. The highest BCUT2D eigenvalue weighted by molar-refractivity contribution is 5.45. The van der Waals surface area contributed by atoms with E-state index in [0.29, 0.717) is 18.0 Å². The second kappa shape index (κ2) is 11.4. The van der Waals surface area contributed by atoms with E-state index in [-0.39, 0.29) is 6.04 Å². The van der Waals surface area contributed by atoms with Crippen LogP contribution < -0.4 is 18.9 Å². The Labute approximate surface area is 206 Å². The molecule has 1 aliphatic rings. The third-order valence-electron chi connectivity index (χ3n) is 6.50. The zero-order valence-electron chi connectivity index (χ0n) is 21.1. The molecule has 2 aromatic carbocycles. The lowest BCUT2D eigenvalue weighted by molar-refractivity contribution is 0.120. The predicted octanol–water partition coefficient (Wildman–Crippen LogP) is 2.29. The summed E-state index contributed by atoms with van der Waals surface area (Å²) in [5, 5.41) is 12.9. The van der Waals surface area contributed by atoms with Crippen LogP contribution in [0.3, 0.4) is 0 Å². The molecule has 1 fully saturated rings. The van der Waals surface area contributed by atoms with Crippen LogP contribution in [-0.4, -0.2) is 91.7 Å². The minimum Gasteiger partial charge on any atom is -0.497 e. The number of ether oxygens (including phenoxy) is 4. The molecule has 2 heterocycles. The number of rotatable bonds is 10. The average Bonchev–Trinajstić information content (AvgIpc) is 3.36. The fourth-order valence-electron chi connectivity index (χ4n) is 4.47. The van der Waals surface area contributed by atoms with E-state index in [9.17, 15) is 0 Å². The Bertz CT molecular complexity index is 1110. The molecule has 10 heteroatoms. The summed E-state index contributed by atoms with van der Waals surface area (Å²) in [4.78, 5) is 4.74. The number of nitrogens with zero attached hydrogens (tertiary/aromatic N) is 6. The van der Waals surface area contributed by atoms with Crippen molar-refractivity contribution in [2.24, 2.45) is 0 Å². The van der Waals surface area contributed by atoms with Crippen molar-refractivity contribution in [3.8, 4) is 23.0 Å². The lowest BCUT2D eigenvalue weighted by Gasteiger charge is -2.37. The maximum Gasteiger partial charge on any atom is 0.173 e. The summed E-state index contributed by atoms with van der Waals surface area (Å²) in [5.41, 5.74) is 2.10. The van der Waals surface area contributed by atoms with Crippen molar-refractivity contribution in [2.45, 2.75) is 19.0 Å². The maximum atomic E-state index is 5.76. The van der Waals surface area contributed by atoms with Gasteiger partial charge in [-0.2, -0.15) is 0 Å². The van der Waals surface area contributed by atoms with Gasteiger partial charge in [0, 0.05) is 38.3 Å². The number of benzene rings is 2. The molecule has 0 saturated carbocycles. The Morgan fingerprint density at radius 3 is 2.23 bits per heavy atom. The number of methoxy groups -OCH3 is 4. The van der Waals surface area contributed by atoms with Crippen LogP contribution >= 0.6 is 0 Å². The Balaban J connectivity index is 1.67. The molecule has 1 aliphatic heterocycles. The van der Waals surface area contributed by atoms with Crippen molar-refractivity contribution >= 4 is 0 Å². The quantitative estimate of drug-likeness (QED) is 0.432. The van der Waals surface area contributed by atoms with Gasteiger partial charge in [-0.1, -0.05) is 6.07 Å². The van der Waals surface area contributed by atoms with Crippen LogP contribution in [0.25, 0.3) is 0 Å². The number of tetrazole rings is 1. The highest BCUT2D eigenvalue weighted by Gasteiger charge is 2.32.